The summed E-state index contributed by atoms with van der Waals surface area (Å²) in [6, 6.07) is 40.2. The van der Waals surface area contributed by atoms with Gasteiger partial charge in [-0.1, -0.05) is 62.4 Å². The number of pyridine rings is 4. The SMILES string of the molecule is CC(C)Nc1ncnc2c1ccn2[C@@H]1C[C@@]2(CN[C@@H](c3ccc4cc(Br)c(N)nc4c3)C2)[C@@H](O)[C@H]1O.CC(C)Nc1ncnc2c1ccn2[C@@H]1C[C@@]2(CN[C@H](c3ccc4cc(Br)c(N)nc4c3)C2)[C@@H](O)[C@H]1O.CCCNc1ncnc2c1ccn2[C@@H]1C[C@@]2(CN[C@@H](c3ccc4cc(Br)c(N)nc4c3)C2)[C@@H](O)[C@H]1O.CCCNc1ncnc2c1ccn2[C@@H]1C[C@@]2(CN[C@H](c3ccc4cc(Br)c(N)nc4c3)C2)[C@@H](O)[C@H]1O. The zero-order valence-corrected chi connectivity index (χ0v) is 86.8. The first kappa shape index (κ1) is 98.8. The summed E-state index contributed by atoms with van der Waals surface area (Å²) in [5.74, 6) is 4.98. The number of nitrogen functional groups attached to an aromatic ring is 4. The van der Waals surface area contributed by atoms with E-state index in [0.717, 1.165) is 190 Å². The predicted molar refractivity (Wildman–Crippen MR) is 574 cm³/mol. The van der Waals surface area contributed by atoms with E-state index in [0.29, 0.717) is 88.0 Å². The number of nitrogens with one attached hydrogen (secondary N) is 8. The largest absolute Gasteiger partial charge is 0.390 e. The molecule has 8 aliphatic rings. The lowest BCUT2D eigenvalue weighted by Gasteiger charge is -2.27. The van der Waals surface area contributed by atoms with Gasteiger partial charge in [0.15, 0.2) is 0 Å². The second kappa shape index (κ2) is 39.6. The molecule has 144 heavy (non-hydrogen) atoms. The number of rotatable bonds is 18. The highest BCUT2D eigenvalue weighted by Gasteiger charge is 2.61. The number of aliphatic hydroxyl groups is 8. The third kappa shape index (κ3) is 18.1. The molecule has 12 aromatic heterocycles. The molecule has 4 aliphatic heterocycles. The van der Waals surface area contributed by atoms with Gasteiger partial charge in [0.2, 0.25) is 0 Å². The van der Waals surface area contributed by atoms with Crippen LogP contribution in [-0.4, -0.2) is 219 Å². The molecule has 24 rings (SSSR count). The van der Waals surface area contributed by atoms with Crippen molar-refractivity contribution >= 4 is 198 Å². The quantitative estimate of drug-likeness (QED) is 0.0379. The Labute approximate surface area is 863 Å². The Morgan fingerprint density at radius 1 is 0.333 bits per heavy atom. The van der Waals surface area contributed by atoms with Crippen molar-refractivity contribution < 1.29 is 40.9 Å². The van der Waals surface area contributed by atoms with Gasteiger partial charge in [-0.2, -0.15) is 0 Å². The van der Waals surface area contributed by atoms with Gasteiger partial charge in [0.05, 0.1) is 110 Å². The Morgan fingerprint density at radius 3 is 0.806 bits per heavy atom. The van der Waals surface area contributed by atoms with Crippen molar-refractivity contribution in [2.75, 3.05) is 83.5 Å². The van der Waals surface area contributed by atoms with Crippen molar-refractivity contribution in [3.63, 3.8) is 0 Å². The normalized spacial score (nSPS) is 28.1. The van der Waals surface area contributed by atoms with Gasteiger partial charge in [0.25, 0.3) is 0 Å². The van der Waals surface area contributed by atoms with Crippen LogP contribution in [0.1, 0.15) is 176 Å². The van der Waals surface area contributed by atoms with Crippen molar-refractivity contribution in [1.82, 2.24) is 99.3 Å². The number of anilines is 8. The smallest absolute Gasteiger partial charge is 0.145 e. The molecule has 24 N–H and O–H groups in total. The summed E-state index contributed by atoms with van der Waals surface area (Å²) in [6.07, 6.45) is 14.5. The number of nitrogens with two attached hydrogens (primary N) is 4. The van der Waals surface area contributed by atoms with Crippen LogP contribution in [0.2, 0.25) is 0 Å². The number of halogens is 4. The first-order valence-electron chi connectivity index (χ1n) is 49.4. The fourth-order valence-corrected chi connectivity index (χ4v) is 25.4. The molecule has 36 nitrogen and oxygen atoms in total. The van der Waals surface area contributed by atoms with E-state index in [4.69, 9.17) is 22.9 Å². The summed E-state index contributed by atoms with van der Waals surface area (Å²) < 4.78 is 11.1. The number of fused-ring (bicyclic) bond motifs is 8. The molecule has 0 amide bonds. The fraction of sp³-hybridized carbons (Fsp3) is 0.423. The summed E-state index contributed by atoms with van der Waals surface area (Å²) in [5, 5.41) is 125. The fourth-order valence-electron chi connectivity index (χ4n) is 24.0. The number of hydrogen-bond donors (Lipinski definition) is 20. The molecule has 0 radical (unpaired) electrons. The average Bonchev–Trinajstić information content (AvgIpc) is 1.59. The number of hydrogen-bond acceptors (Lipinski definition) is 32. The third-order valence-corrected chi connectivity index (χ3v) is 33.9. The maximum absolute atomic E-state index is 11.3. The molecule has 752 valence electrons. The van der Waals surface area contributed by atoms with Crippen LogP contribution in [0.5, 0.6) is 0 Å². The Bertz CT molecular complexity index is 7110. The van der Waals surface area contributed by atoms with Crippen LogP contribution in [0.3, 0.4) is 0 Å². The Morgan fingerprint density at radius 2 is 0.569 bits per heavy atom. The van der Waals surface area contributed by atoms with E-state index in [1.807, 2.05) is 116 Å². The van der Waals surface area contributed by atoms with E-state index >= 15 is 0 Å². The number of aliphatic hydroxyl groups excluding tert-OH is 8. The minimum atomic E-state index is -0.895. The van der Waals surface area contributed by atoms with Crippen molar-refractivity contribution in [2.24, 2.45) is 21.7 Å². The summed E-state index contributed by atoms with van der Waals surface area (Å²) in [4.78, 5) is 53.7. The molecule has 16 aromatic rings. The van der Waals surface area contributed by atoms with Gasteiger partial charge >= 0.3 is 0 Å². The highest BCUT2D eigenvalue weighted by molar-refractivity contribution is 9.11. The first-order valence-corrected chi connectivity index (χ1v) is 52.6. The number of benzene rings is 4. The minimum Gasteiger partial charge on any atom is -0.390 e. The van der Waals surface area contributed by atoms with E-state index in [1.165, 1.54) is 0 Å². The zero-order chi connectivity index (χ0) is 100. The lowest BCUT2D eigenvalue weighted by atomic mass is 9.80. The highest BCUT2D eigenvalue weighted by atomic mass is 79.9. The molecule has 4 saturated heterocycles. The maximum Gasteiger partial charge on any atom is 0.145 e. The van der Waals surface area contributed by atoms with Crippen molar-refractivity contribution in [2.45, 2.75) is 215 Å². The van der Waals surface area contributed by atoms with Gasteiger partial charge in [-0.05, 0) is 251 Å². The summed E-state index contributed by atoms with van der Waals surface area (Å²) in [6.45, 7) is 16.6. The van der Waals surface area contributed by atoms with E-state index in [1.54, 1.807) is 25.3 Å². The van der Waals surface area contributed by atoms with Crippen molar-refractivity contribution in [1.29, 1.82) is 0 Å². The van der Waals surface area contributed by atoms with Crippen LogP contribution in [-0.2, 0) is 0 Å². The van der Waals surface area contributed by atoms with E-state index in [2.05, 4.69) is 256 Å². The minimum absolute atomic E-state index is 0.0484. The Kier molecular flexibility index (Phi) is 27.2. The second-order valence-electron chi connectivity index (χ2n) is 41.2. The second-order valence-corrected chi connectivity index (χ2v) is 44.7. The Hall–Kier alpha value is -11.2. The molecule has 4 aliphatic carbocycles. The molecular formula is C104H120Br4N28O8. The van der Waals surface area contributed by atoms with Crippen molar-refractivity contribution in [3.8, 4) is 0 Å². The Balaban J connectivity index is 0.000000113. The first-order chi connectivity index (χ1) is 69.3. The molecule has 0 unspecified atom stereocenters. The predicted octanol–water partition coefficient (Wildman–Crippen LogP) is 14.1. The van der Waals surface area contributed by atoms with Crippen LogP contribution in [0.25, 0.3) is 87.7 Å². The molecule has 8 fully saturated rings. The molecule has 0 bridgehead atoms. The maximum atomic E-state index is 11.3. The summed E-state index contributed by atoms with van der Waals surface area (Å²) in [7, 11) is 0. The van der Waals surface area contributed by atoms with Gasteiger partial charge in [-0.15, -0.1) is 0 Å². The molecule has 16 heterocycles. The average molecular weight is 2210 g/mol. The van der Waals surface area contributed by atoms with Crippen molar-refractivity contribution in [3.05, 3.63) is 212 Å². The standard InChI is InChI=1S/4C26H30BrN7O2/c2*1-13(2)32-24-16-5-6-34(25(16)31-12-30-24)20-10-26(22(36)21(20)35)9-19(29-11-26)15-4-3-14-7-17(27)23(28)33-18(14)8-15;2*1-2-6-29-24-16-5-7-34(25(16)32-13-31-24)20-11-26(22(36)21(20)35)10-19(30-12-26)15-4-3-14-8-17(27)23(28)33-18(14)9-15/h2*3-8,12-13,19-22,29,35-36H,9-11H2,1-2H3,(H2,28,33)(H,30,31,32);2*3-5,7-9,13,19-22,30,35-36H,2,6,10-12H2,1H3,(H2,28,33)(H,29,31,32)/t19-,20+,21-,22-,26-;19-,20-,21+,22+,26+;19-,20+,21-,22-,26-;19-,20-,21+,22+,26+/m0101/s1. The molecule has 4 spiro atoms. The van der Waals surface area contributed by atoms with Crippen LogP contribution in [0.4, 0.5) is 46.5 Å². The topological polar surface area (TPSA) is 537 Å². The molecule has 40 heteroatoms. The van der Waals surface area contributed by atoms with Crippen LogP contribution in [0, 0.1) is 21.7 Å². The lowest BCUT2D eigenvalue weighted by molar-refractivity contribution is -0.0218. The number of aromatic nitrogens is 16. The highest BCUT2D eigenvalue weighted by Crippen LogP contribution is 2.59. The molecule has 4 aromatic carbocycles. The van der Waals surface area contributed by atoms with Crippen LogP contribution in [0.15, 0.2) is 189 Å². The van der Waals surface area contributed by atoms with E-state index < -0.39 is 70.5 Å². The van der Waals surface area contributed by atoms with E-state index in [9.17, 15) is 40.9 Å². The van der Waals surface area contributed by atoms with Gasteiger partial charge in [-0.25, -0.2) is 59.8 Å². The van der Waals surface area contributed by atoms with E-state index in [-0.39, 0.29) is 60.4 Å². The molecular weight excluding hydrogens is 2090 g/mol. The monoisotopic (exact) mass is 2200 g/mol. The van der Waals surface area contributed by atoms with Gasteiger partial charge in [0, 0.05) is 144 Å². The van der Waals surface area contributed by atoms with Crippen LogP contribution >= 0.6 is 63.7 Å². The van der Waals surface area contributed by atoms with Gasteiger partial charge in [0.1, 0.15) is 119 Å². The zero-order valence-electron chi connectivity index (χ0n) is 80.4. The van der Waals surface area contributed by atoms with Gasteiger partial charge in [-0.3, -0.25) is 0 Å². The molecule has 20 atom stereocenters. The molecule has 4 saturated carbocycles. The van der Waals surface area contributed by atoms with Gasteiger partial charge < -0.3 is 125 Å². The third-order valence-electron chi connectivity index (χ3n) is 31.4. The van der Waals surface area contributed by atoms with Crippen LogP contribution < -0.4 is 65.5 Å². The summed E-state index contributed by atoms with van der Waals surface area (Å²) >= 11 is 13.8. The lowest BCUT2D eigenvalue weighted by Crippen LogP contribution is -2.38. The summed E-state index contributed by atoms with van der Waals surface area (Å²) in [5.41, 5.74) is 33.0. The number of nitrogens with zero attached hydrogens (tertiary/aromatic N) is 16.